The zero-order chi connectivity index (χ0) is 7.03. The molecule has 0 amide bonds. The third-order valence-electron chi connectivity index (χ3n) is 2.49. The van der Waals surface area contributed by atoms with E-state index in [1.807, 2.05) is 0 Å². The predicted molar refractivity (Wildman–Crippen MR) is 50.7 cm³/mol. The van der Waals surface area contributed by atoms with Crippen molar-refractivity contribution in [3.63, 3.8) is 0 Å². The molecular weight excluding hydrogens is 160 g/mol. The Hall–Kier alpha value is 0.700. The van der Waals surface area contributed by atoms with Crippen molar-refractivity contribution >= 4 is 23.5 Å². The minimum atomic E-state index is 0.694. The Kier molecular flexibility index (Phi) is 1.94. The highest BCUT2D eigenvalue weighted by Gasteiger charge is 2.40. The topological polar surface area (TPSA) is 0 Å². The lowest BCUT2D eigenvalue weighted by molar-refractivity contribution is 0.610. The summed E-state index contributed by atoms with van der Waals surface area (Å²) in [6, 6.07) is 0. The fourth-order valence-corrected chi connectivity index (χ4v) is 5.53. The van der Waals surface area contributed by atoms with E-state index in [9.17, 15) is 0 Å². The van der Waals surface area contributed by atoms with Crippen molar-refractivity contribution in [3.8, 4) is 0 Å². The first-order chi connectivity index (χ1) is 4.81. The fraction of sp³-hybridized carbons (Fsp3) is 1.00. The minimum absolute atomic E-state index is 0.694. The van der Waals surface area contributed by atoms with Crippen LogP contribution in [0.1, 0.15) is 26.2 Å². The third kappa shape index (κ3) is 1.20. The van der Waals surface area contributed by atoms with Crippen LogP contribution >= 0.6 is 23.5 Å². The molecule has 58 valence electrons. The highest BCUT2D eigenvalue weighted by Crippen LogP contribution is 2.55. The van der Waals surface area contributed by atoms with Gasteiger partial charge in [-0.1, -0.05) is 6.92 Å². The van der Waals surface area contributed by atoms with E-state index < -0.39 is 0 Å². The molecule has 0 aromatic heterocycles. The molecule has 2 heteroatoms. The normalized spacial score (nSPS) is 37.5. The molecule has 0 bridgehead atoms. The van der Waals surface area contributed by atoms with E-state index in [0.717, 1.165) is 5.92 Å². The van der Waals surface area contributed by atoms with Crippen LogP contribution in [-0.2, 0) is 0 Å². The van der Waals surface area contributed by atoms with E-state index in [1.165, 1.54) is 30.8 Å². The Bertz CT molecular complexity index is 127. The molecule has 1 atom stereocenters. The molecule has 2 rings (SSSR count). The molecule has 1 saturated heterocycles. The summed E-state index contributed by atoms with van der Waals surface area (Å²) in [6.07, 6.45) is 4.42. The number of hydrogen-bond donors (Lipinski definition) is 0. The van der Waals surface area contributed by atoms with E-state index in [2.05, 4.69) is 30.4 Å². The van der Waals surface area contributed by atoms with E-state index >= 15 is 0 Å². The second-order valence-electron chi connectivity index (χ2n) is 3.46. The lowest BCUT2D eigenvalue weighted by Crippen LogP contribution is -2.10. The van der Waals surface area contributed by atoms with Crippen molar-refractivity contribution in [2.24, 2.45) is 5.92 Å². The Labute approximate surface area is 71.5 Å². The second-order valence-corrected chi connectivity index (χ2v) is 6.67. The van der Waals surface area contributed by atoms with E-state index in [4.69, 9.17) is 0 Å². The average Bonchev–Trinajstić information content (AvgIpc) is 2.46. The predicted octanol–water partition coefficient (Wildman–Crippen LogP) is 2.98. The van der Waals surface area contributed by atoms with Crippen LogP contribution in [0.3, 0.4) is 0 Å². The van der Waals surface area contributed by atoms with Crippen molar-refractivity contribution < 1.29 is 0 Å². The zero-order valence-corrected chi connectivity index (χ0v) is 8.06. The molecule has 1 unspecified atom stereocenters. The van der Waals surface area contributed by atoms with Gasteiger partial charge in [0.15, 0.2) is 0 Å². The average molecular weight is 174 g/mol. The first kappa shape index (κ1) is 7.35. The van der Waals surface area contributed by atoms with Crippen LogP contribution in [0.5, 0.6) is 0 Å². The highest BCUT2D eigenvalue weighted by atomic mass is 32.2. The van der Waals surface area contributed by atoms with Gasteiger partial charge in [0.25, 0.3) is 0 Å². The molecule has 0 nitrogen and oxygen atoms in total. The molecule has 1 spiro atoms. The largest absolute Gasteiger partial charge is 0.143 e. The molecule has 1 heterocycles. The molecule has 0 aromatic rings. The van der Waals surface area contributed by atoms with Gasteiger partial charge < -0.3 is 0 Å². The van der Waals surface area contributed by atoms with Gasteiger partial charge in [-0.05, 0) is 25.2 Å². The molecule has 0 aromatic carbocycles. The van der Waals surface area contributed by atoms with Gasteiger partial charge in [0.05, 0.1) is 4.08 Å². The molecule has 2 aliphatic rings. The molecule has 1 saturated carbocycles. The monoisotopic (exact) mass is 174 g/mol. The summed E-state index contributed by atoms with van der Waals surface area (Å²) in [5.74, 6) is 3.80. The van der Waals surface area contributed by atoms with Crippen LogP contribution < -0.4 is 0 Å². The fourth-order valence-electron chi connectivity index (χ4n) is 1.96. The number of thioether (sulfide) groups is 2. The summed E-state index contributed by atoms with van der Waals surface area (Å²) < 4.78 is 0.694. The van der Waals surface area contributed by atoms with Crippen LogP contribution in [0.15, 0.2) is 0 Å². The number of hydrogen-bond acceptors (Lipinski definition) is 2. The minimum Gasteiger partial charge on any atom is -0.143 e. The van der Waals surface area contributed by atoms with Crippen molar-refractivity contribution in [1.82, 2.24) is 0 Å². The lowest BCUT2D eigenvalue weighted by atomic mass is 10.1. The van der Waals surface area contributed by atoms with E-state index in [-0.39, 0.29) is 0 Å². The molecule has 1 aliphatic carbocycles. The molecule has 1 aliphatic heterocycles. The third-order valence-corrected chi connectivity index (χ3v) is 6.07. The molecular formula is C8H14S2. The van der Waals surface area contributed by atoms with Gasteiger partial charge in [-0.15, -0.1) is 23.5 Å². The standard InChI is InChI=1S/C8H14S2/c1-7-2-3-8(6-7)9-4-5-10-8/h7H,2-6H2,1H3. The summed E-state index contributed by atoms with van der Waals surface area (Å²) in [5, 5.41) is 0. The summed E-state index contributed by atoms with van der Waals surface area (Å²) in [6.45, 7) is 2.40. The van der Waals surface area contributed by atoms with Crippen LogP contribution in [-0.4, -0.2) is 15.6 Å². The quantitative estimate of drug-likeness (QED) is 0.554. The number of rotatable bonds is 0. The van der Waals surface area contributed by atoms with Gasteiger partial charge in [0.1, 0.15) is 0 Å². The molecule has 0 radical (unpaired) electrons. The lowest BCUT2D eigenvalue weighted by Gasteiger charge is -2.19. The maximum Gasteiger partial charge on any atom is 0.0614 e. The van der Waals surface area contributed by atoms with Crippen molar-refractivity contribution in [1.29, 1.82) is 0 Å². The molecule has 2 fully saturated rings. The van der Waals surface area contributed by atoms with Gasteiger partial charge in [0.2, 0.25) is 0 Å². The summed E-state index contributed by atoms with van der Waals surface area (Å²) >= 11 is 4.44. The van der Waals surface area contributed by atoms with Crippen LogP contribution in [0.25, 0.3) is 0 Å². The van der Waals surface area contributed by atoms with E-state index in [1.54, 1.807) is 0 Å². The van der Waals surface area contributed by atoms with Crippen LogP contribution in [0, 0.1) is 5.92 Å². The van der Waals surface area contributed by atoms with Gasteiger partial charge in [-0.25, -0.2) is 0 Å². The zero-order valence-electron chi connectivity index (χ0n) is 6.43. The first-order valence-corrected chi connectivity index (χ1v) is 6.06. The maximum atomic E-state index is 2.40. The van der Waals surface area contributed by atoms with Gasteiger partial charge in [0, 0.05) is 11.5 Å². The Balaban J connectivity index is 2.03. The summed E-state index contributed by atoms with van der Waals surface area (Å²) in [7, 11) is 0. The highest BCUT2D eigenvalue weighted by molar-refractivity contribution is 8.21. The maximum absolute atomic E-state index is 2.40. The van der Waals surface area contributed by atoms with Crippen molar-refractivity contribution in [3.05, 3.63) is 0 Å². The van der Waals surface area contributed by atoms with Crippen molar-refractivity contribution in [2.45, 2.75) is 30.3 Å². The molecule has 0 N–H and O–H groups in total. The van der Waals surface area contributed by atoms with Crippen molar-refractivity contribution in [2.75, 3.05) is 11.5 Å². The van der Waals surface area contributed by atoms with Crippen LogP contribution in [0.4, 0.5) is 0 Å². The Morgan fingerprint density at radius 2 is 2.00 bits per heavy atom. The van der Waals surface area contributed by atoms with E-state index in [0.29, 0.717) is 4.08 Å². The summed E-state index contributed by atoms with van der Waals surface area (Å²) in [5.41, 5.74) is 0. The Morgan fingerprint density at radius 1 is 1.30 bits per heavy atom. The van der Waals surface area contributed by atoms with Crippen LogP contribution in [0.2, 0.25) is 0 Å². The second kappa shape index (κ2) is 2.63. The van der Waals surface area contributed by atoms with Gasteiger partial charge in [-0.2, -0.15) is 0 Å². The summed E-state index contributed by atoms with van der Waals surface area (Å²) in [4.78, 5) is 0. The smallest absolute Gasteiger partial charge is 0.0614 e. The van der Waals surface area contributed by atoms with Gasteiger partial charge >= 0.3 is 0 Å². The first-order valence-electron chi connectivity index (χ1n) is 4.09. The SMILES string of the molecule is CC1CCC2(C1)SCCS2. The Morgan fingerprint density at radius 3 is 2.50 bits per heavy atom. The van der Waals surface area contributed by atoms with Gasteiger partial charge in [-0.3, -0.25) is 0 Å². The molecule has 10 heavy (non-hydrogen) atoms.